The van der Waals surface area contributed by atoms with Crippen LogP contribution in [0.4, 0.5) is 0 Å². The summed E-state index contributed by atoms with van der Waals surface area (Å²) in [6.07, 6.45) is 3.03. The zero-order valence-corrected chi connectivity index (χ0v) is 11.2. The molecule has 0 amide bonds. The number of aromatic nitrogens is 1. The number of nitrogens with one attached hydrogen (secondary N) is 1. The molecule has 86 valence electrons. The molecule has 0 saturated carbocycles. The molecule has 0 bridgehead atoms. The second kappa shape index (κ2) is 5.08. The van der Waals surface area contributed by atoms with Gasteiger partial charge in [-0.25, -0.2) is 4.98 Å². The number of aryl methyl sites for hydroxylation is 1. The number of hydrogen-bond donors (Lipinski definition) is 1. The average molecular weight is 226 g/mol. The predicted octanol–water partition coefficient (Wildman–Crippen LogP) is 3.23. The van der Waals surface area contributed by atoms with Crippen LogP contribution >= 0.6 is 11.3 Å². The van der Waals surface area contributed by atoms with Crippen molar-refractivity contribution < 1.29 is 0 Å². The second-order valence-electron chi connectivity index (χ2n) is 5.04. The van der Waals surface area contributed by atoms with Crippen LogP contribution < -0.4 is 5.32 Å². The molecule has 0 aromatic carbocycles. The fourth-order valence-corrected chi connectivity index (χ4v) is 1.97. The summed E-state index contributed by atoms with van der Waals surface area (Å²) in [5.41, 5.74) is 0.318. The van der Waals surface area contributed by atoms with Gasteiger partial charge >= 0.3 is 0 Å². The van der Waals surface area contributed by atoms with Crippen LogP contribution in [0.3, 0.4) is 0 Å². The van der Waals surface area contributed by atoms with Crippen molar-refractivity contribution in [2.75, 3.05) is 0 Å². The highest BCUT2D eigenvalue weighted by Gasteiger charge is 2.19. The number of hydrogen-bond acceptors (Lipinski definition) is 3. The Hall–Kier alpha value is -0.410. The van der Waals surface area contributed by atoms with E-state index in [1.807, 2.05) is 17.5 Å². The Labute approximate surface area is 97.1 Å². The van der Waals surface area contributed by atoms with Gasteiger partial charge in [0.15, 0.2) is 0 Å². The summed E-state index contributed by atoms with van der Waals surface area (Å²) < 4.78 is 0. The molecule has 1 N–H and O–H groups in total. The van der Waals surface area contributed by atoms with Gasteiger partial charge in [-0.2, -0.15) is 0 Å². The Kier molecular flexibility index (Phi) is 4.29. The summed E-state index contributed by atoms with van der Waals surface area (Å²) in [6.45, 7) is 12.1. The van der Waals surface area contributed by atoms with Crippen LogP contribution in [0.2, 0.25) is 0 Å². The molecule has 3 heteroatoms. The minimum atomic E-state index is 0.318. The molecule has 1 unspecified atom stereocenters. The zero-order chi connectivity index (χ0) is 11.5. The standard InChI is InChI=1S/C12H22N2S/c1-6-11-14-8-10(15-11)7-13-9(2)12(3,4)5/h8-9,13H,6-7H2,1-5H3. The molecule has 0 saturated heterocycles. The predicted molar refractivity (Wildman–Crippen MR) is 67.2 cm³/mol. The highest BCUT2D eigenvalue weighted by atomic mass is 32.1. The Bertz CT molecular complexity index is 299. The van der Waals surface area contributed by atoms with Gasteiger partial charge in [-0.3, -0.25) is 0 Å². The van der Waals surface area contributed by atoms with E-state index in [1.54, 1.807) is 0 Å². The average Bonchev–Trinajstić information content (AvgIpc) is 2.60. The van der Waals surface area contributed by atoms with Gasteiger partial charge in [0.05, 0.1) is 5.01 Å². The van der Waals surface area contributed by atoms with E-state index in [0.29, 0.717) is 11.5 Å². The maximum Gasteiger partial charge on any atom is 0.0925 e. The van der Waals surface area contributed by atoms with Crippen LogP contribution in [-0.2, 0) is 13.0 Å². The molecule has 1 aromatic heterocycles. The van der Waals surface area contributed by atoms with Crippen LogP contribution in [0.15, 0.2) is 6.20 Å². The van der Waals surface area contributed by atoms with Gasteiger partial charge in [-0.1, -0.05) is 27.7 Å². The van der Waals surface area contributed by atoms with Crippen molar-refractivity contribution in [1.29, 1.82) is 0 Å². The molecule has 1 heterocycles. The fourth-order valence-electron chi connectivity index (χ4n) is 1.15. The Morgan fingerprint density at radius 1 is 1.47 bits per heavy atom. The third-order valence-electron chi connectivity index (χ3n) is 2.79. The van der Waals surface area contributed by atoms with Gasteiger partial charge in [0.25, 0.3) is 0 Å². The van der Waals surface area contributed by atoms with E-state index in [1.165, 1.54) is 9.88 Å². The minimum Gasteiger partial charge on any atom is -0.309 e. The molecule has 0 aliphatic heterocycles. The van der Waals surface area contributed by atoms with E-state index in [2.05, 4.69) is 44.9 Å². The van der Waals surface area contributed by atoms with Crippen LogP contribution in [0.5, 0.6) is 0 Å². The van der Waals surface area contributed by atoms with Crippen LogP contribution in [0.25, 0.3) is 0 Å². The van der Waals surface area contributed by atoms with Gasteiger partial charge in [0, 0.05) is 23.7 Å². The second-order valence-corrected chi connectivity index (χ2v) is 6.24. The monoisotopic (exact) mass is 226 g/mol. The summed E-state index contributed by atoms with van der Waals surface area (Å²) in [5.74, 6) is 0. The largest absolute Gasteiger partial charge is 0.309 e. The Balaban J connectivity index is 2.43. The van der Waals surface area contributed by atoms with Crippen LogP contribution in [0, 0.1) is 5.41 Å². The molecule has 0 radical (unpaired) electrons. The molecule has 0 spiro atoms. The number of thiazole rings is 1. The number of nitrogens with zero attached hydrogens (tertiary/aromatic N) is 1. The SMILES string of the molecule is CCc1ncc(CNC(C)C(C)(C)C)s1. The first-order chi connectivity index (χ1) is 6.93. The fraction of sp³-hybridized carbons (Fsp3) is 0.750. The molecule has 15 heavy (non-hydrogen) atoms. The van der Waals surface area contributed by atoms with Gasteiger partial charge in [-0.15, -0.1) is 11.3 Å². The third kappa shape index (κ3) is 3.92. The lowest BCUT2D eigenvalue weighted by molar-refractivity contribution is 0.286. The molecular weight excluding hydrogens is 204 g/mol. The molecule has 0 aliphatic rings. The summed E-state index contributed by atoms with van der Waals surface area (Å²) in [4.78, 5) is 5.69. The lowest BCUT2D eigenvalue weighted by Crippen LogP contribution is -2.36. The van der Waals surface area contributed by atoms with E-state index in [0.717, 1.165) is 13.0 Å². The summed E-state index contributed by atoms with van der Waals surface area (Å²) in [6, 6.07) is 0.518. The van der Waals surface area contributed by atoms with Crippen molar-refractivity contribution in [3.63, 3.8) is 0 Å². The highest BCUT2D eigenvalue weighted by Crippen LogP contribution is 2.20. The first-order valence-electron chi connectivity index (χ1n) is 5.60. The lowest BCUT2D eigenvalue weighted by Gasteiger charge is -2.27. The molecule has 0 fully saturated rings. The Morgan fingerprint density at radius 2 is 2.13 bits per heavy atom. The minimum absolute atomic E-state index is 0.318. The summed E-state index contributed by atoms with van der Waals surface area (Å²) in [5, 5.41) is 4.78. The lowest BCUT2D eigenvalue weighted by atomic mass is 9.88. The molecule has 0 aliphatic carbocycles. The van der Waals surface area contributed by atoms with Crippen molar-refractivity contribution in [2.45, 2.75) is 53.6 Å². The van der Waals surface area contributed by atoms with Gasteiger partial charge in [-0.05, 0) is 18.8 Å². The molecule has 1 rings (SSSR count). The first kappa shape index (κ1) is 12.7. The zero-order valence-electron chi connectivity index (χ0n) is 10.4. The van der Waals surface area contributed by atoms with Crippen molar-refractivity contribution in [3.8, 4) is 0 Å². The molecular formula is C12H22N2S. The smallest absolute Gasteiger partial charge is 0.0925 e. The van der Waals surface area contributed by atoms with Crippen LogP contribution in [0.1, 0.15) is 44.5 Å². The number of rotatable bonds is 4. The topological polar surface area (TPSA) is 24.9 Å². The molecule has 1 atom stereocenters. The molecule has 1 aromatic rings. The first-order valence-corrected chi connectivity index (χ1v) is 6.42. The highest BCUT2D eigenvalue weighted by molar-refractivity contribution is 7.11. The Morgan fingerprint density at radius 3 is 2.60 bits per heavy atom. The van der Waals surface area contributed by atoms with Crippen LogP contribution in [-0.4, -0.2) is 11.0 Å². The summed E-state index contributed by atoms with van der Waals surface area (Å²) in [7, 11) is 0. The normalized spacial score (nSPS) is 14.2. The summed E-state index contributed by atoms with van der Waals surface area (Å²) >= 11 is 1.81. The van der Waals surface area contributed by atoms with E-state index in [-0.39, 0.29) is 0 Å². The van der Waals surface area contributed by atoms with Crippen molar-refractivity contribution in [1.82, 2.24) is 10.3 Å². The van der Waals surface area contributed by atoms with Gasteiger partial charge in [0.2, 0.25) is 0 Å². The molecule has 2 nitrogen and oxygen atoms in total. The maximum atomic E-state index is 4.35. The van der Waals surface area contributed by atoms with Gasteiger partial charge < -0.3 is 5.32 Å². The van der Waals surface area contributed by atoms with Crippen molar-refractivity contribution in [3.05, 3.63) is 16.1 Å². The van der Waals surface area contributed by atoms with Gasteiger partial charge in [0.1, 0.15) is 0 Å². The van der Waals surface area contributed by atoms with Crippen molar-refractivity contribution in [2.24, 2.45) is 5.41 Å². The third-order valence-corrected chi connectivity index (χ3v) is 3.93. The van der Waals surface area contributed by atoms with E-state index < -0.39 is 0 Å². The van der Waals surface area contributed by atoms with E-state index in [9.17, 15) is 0 Å². The maximum absolute atomic E-state index is 4.35. The van der Waals surface area contributed by atoms with E-state index in [4.69, 9.17) is 0 Å². The quantitative estimate of drug-likeness (QED) is 0.852. The van der Waals surface area contributed by atoms with Crippen molar-refractivity contribution >= 4 is 11.3 Å². The van der Waals surface area contributed by atoms with E-state index >= 15 is 0 Å².